The van der Waals surface area contributed by atoms with Crippen LogP contribution in [0.1, 0.15) is 28.0 Å². The number of aryl methyl sites for hydroxylation is 1. The second-order valence-electron chi connectivity index (χ2n) is 6.00. The number of nitrogens with zero attached hydrogens (tertiary/aromatic N) is 3. The van der Waals surface area contributed by atoms with Gasteiger partial charge in [0.05, 0.1) is 19.9 Å². The number of carbonyl (C=O) groups excluding carboxylic acids is 1. The van der Waals surface area contributed by atoms with Crippen LogP contribution in [0, 0.1) is 0 Å². The molecule has 0 spiro atoms. The fraction of sp³-hybridized carbons (Fsp3) is 0.250. The summed E-state index contributed by atoms with van der Waals surface area (Å²) in [6.07, 6.45) is 3.39. The second kappa shape index (κ2) is 8.80. The van der Waals surface area contributed by atoms with Gasteiger partial charge in [-0.25, -0.2) is 4.68 Å². The molecular weight excluding hydrogens is 328 g/mol. The first-order valence-corrected chi connectivity index (χ1v) is 8.60. The molecule has 0 saturated carbocycles. The minimum Gasteiger partial charge on any atom is -0.497 e. The summed E-state index contributed by atoms with van der Waals surface area (Å²) in [5, 5.41) is 10.9. The fourth-order valence-electron chi connectivity index (χ4n) is 2.66. The predicted molar refractivity (Wildman–Crippen MR) is 99.2 cm³/mol. The van der Waals surface area contributed by atoms with E-state index in [-0.39, 0.29) is 5.91 Å². The Bertz CT molecular complexity index is 846. The van der Waals surface area contributed by atoms with Gasteiger partial charge < -0.3 is 10.1 Å². The molecule has 1 N–H and O–H groups in total. The number of methoxy groups -OCH3 is 1. The van der Waals surface area contributed by atoms with Crippen molar-refractivity contribution in [2.75, 3.05) is 13.7 Å². The number of hydrogen-bond acceptors (Lipinski definition) is 4. The summed E-state index contributed by atoms with van der Waals surface area (Å²) >= 11 is 0. The van der Waals surface area contributed by atoms with E-state index in [0.717, 1.165) is 24.2 Å². The highest BCUT2D eigenvalue weighted by molar-refractivity contribution is 5.91. The van der Waals surface area contributed by atoms with Crippen molar-refractivity contribution in [2.45, 2.75) is 19.4 Å². The van der Waals surface area contributed by atoms with Gasteiger partial charge in [0.25, 0.3) is 5.91 Å². The van der Waals surface area contributed by atoms with Crippen molar-refractivity contribution >= 4 is 5.91 Å². The summed E-state index contributed by atoms with van der Waals surface area (Å²) in [6.45, 7) is 1.18. The van der Waals surface area contributed by atoms with Crippen molar-refractivity contribution in [3.8, 4) is 5.75 Å². The van der Waals surface area contributed by atoms with E-state index in [1.165, 1.54) is 5.56 Å². The number of amides is 1. The Morgan fingerprint density at radius 2 is 1.92 bits per heavy atom. The zero-order chi connectivity index (χ0) is 18.2. The lowest BCUT2D eigenvalue weighted by atomic mass is 10.1. The predicted octanol–water partition coefficient (Wildman–Crippen LogP) is 2.70. The standard InChI is InChI=1S/C20H22N4O2/c1-26-18-11-5-9-16(13-18)10-6-12-21-20(25)19-15-24(23-22-19)14-17-7-3-2-4-8-17/h2-5,7-9,11,13,15H,6,10,12,14H2,1H3,(H,21,25). The molecule has 6 nitrogen and oxygen atoms in total. The van der Waals surface area contributed by atoms with Crippen molar-refractivity contribution in [2.24, 2.45) is 0 Å². The first-order chi connectivity index (χ1) is 12.7. The molecule has 3 aromatic rings. The van der Waals surface area contributed by atoms with Crippen LogP contribution in [0.2, 0.25) is 0 Å². The summed E-state index contributed by atoms with van der Waals surface area (Å²) in [4.78, 5) is 12.2. The van der Waals surface area contributed by atoms with Gasteiger partial charge >= 0.3 is 0 Å². The van der Waals surface area contributed by atoms with Gasteiger partial charge in [-0.1, -0.05) is 47.7 Å². The van der Waals surface area contributed by atoms with Crippen molar-refractivity contribution in [3.63, 3.8) is 0 Å². The smallest absolute Gasteiger partial charge is 0.273 e. The minimum atomic E-state index is -0.199. The number of aromatic nitrogens is 3. The molecule has 1 aromatic heterocycles. The Morgan fingerprint density at radius 3 is 2.73 bits per heavy atom. The molecule has 0 radical (unpaired) electrons. The second-order valence-corrected chi connectivity index (χ2v) is 6.00. The zero-order valence-corrected chi connectivity index (χ0v) is 14.8. The van der Waals surface area contributed by atoms with Crippen LogP contribution >= 0.6 is 0 Å². The Hall–Kier alpha value is -3.15. The molecule has 26 heavy (non-hydrogen) atoms. The van der Waals surface area contributed by atoms with E-state index in [1.54, 1.807) is 18.0 Å². The van der Waals surface area contributed by atoms with Crippen LogP contribution in [0.25, 0.3) is 0 Å². The van der Waals surface area contributed by atoms with E-state index in [4.69, 9.17) is 4.74 Å². The summed E-state index contributed by atoms with van der Waals surface area (Å²) in [5.74, 6) is 0.650. The van der Waals surface area contributed by atoms with Gasteiger partial charge in [0.1, 0.15) is 5.75 Å². The third-order valence-electron chi connectivity index (χ3n) is 4.02. The molecule has 0 aliphatic rings. The lowest BCUT2D eigenvalue weighted by Crippen LogP contribution is -2.25. The monoisotopic (exact) mass is 350 g/mol. The molecule has 0 unspecified atom stereocenters. The highest BCUT2D eigenvalue weighted by Crippen LogP contribution is 2.13. The van der Waals surface area contributed by atoms with Crippen LogP contribution in [0.3, 0.4) is 0 Å². The minimum absolute atomic E-state index is 0.199. The number of carbonyl (C=O) groups is 1. The maximum Gasteiger partial charge on any atom is 0.273 e. The third kappa shape index (κ3) is 4.92. The summed E-state index contributed by atoms with van der Waals surface area (Å²) in [7, 11) is 1.66. The first kappa shape index (κ1) is 17.7. The van der Waals surface area contributed by atoms with Gasteiger partial charge in [0, 0.05) is 6.54 Å². The molecular formula is C20H22N4O2. The SMILES string of the molecule is COc1cccc(CCCNC(=O)c2cn(Cc3ccccc3)nn2)c1. The van der Waals surface area contributed by atoms with Gasteiger partial charge in [-0.3, -0.25) is 4.79 Å². The quantitative estimate of drug-likeness (QED) is 0.634. The number of rotatable bonds is 8. The van der Waals surface area contributed by atoms with Crippen LogP contribution in [0.15, 0.2) is 60.8 Å². The number of ether oxygens (including phenoxy) is 1. The van der Waals surface area contributed by atoms with Crippen LogP contribution in [0.5, 0.6) is 5.75 Å². The molecule has 0 saturated heterocycles. The number of nitrogens with one attached hydrogen (secondary N) is 1. The van der Waals surface area contributed by atoms with Crippen LogP contribution in [0.4, 0.5) is 0 Å². The molecule has 0 aliphatic heterocycles. The van der Waals surface area contributed by atoms with Crippen molar-refractivity contribution in [1.29, 1.82) is 0 Å². The topological polar surface area (TPSA) is 69.0 Å². The van der Waals surface area contributed by atoms with Crippen molar-refractivity contribution in [3.05, 3.63) is 77.6 Å². The molecule has 0 atom stereocenters. The maximum absolute atomic E-state index is 12.2. The molecule has 134 valence electrons. The normalized spacial score (nSPS) is 10.5. The van der Waals surface area contributed by atoms with E-state index >= 15 is 0 Å². The van der Waals surface area contributed by atoms with E-state index in [9.17, 15) is 4.79 Å². The zero-order valence-electron chi connectivity index (χ0n) is 14.8. The molecule has 6 heteroatoms. The molecule has 1 amide bonds. The maximum atomic E-state index is 12.2. The molecule has 3 rings (SSSR count). The average Bonchev–Trinajstić information content (AvgIpc) is 3.14. The van der Waals surface area contributed by atoms with E-state index in [0.29, 0.717) is 18.8 Å². The Kier molecular flexibility index (Phi) is 5.98. The lowest BCUT2D eigenvalue weighted by molar-refractivity contribution is 0.0948. The Morgan fingerprint density at radius 1 is 1.12 bits per heavy atom. The first-order valence-electron chi connectivity index (χ1n) is 8.60. The number of benzene rings is 2. The van der Waals surface area contributed by atoms with Gasteiger partial charge in [-0.05, 0) is 36.1 Å². The highest BCUT2D eigenvalue weighted by Gasteiger charge is 2.10. The van der Waals surface area contributed by atoms with Crippen LogP contribution in [-0.4, -0.2) is 34.6 Å². The average molecular weight is 350 g/mol. The van der Waals surface area contributed by atoms with Crippen LogP contribution in [-0.2, 0) is 13.0 Å². The van der Waals surface area contributed by atoms with E-state index in [2.05, 4.69) is 21.7 Å². The van der Waals surface area contributed by atoms with Gasteiger partial charge in [-0.15, -0.1) is 5.10 Å². The highest BCUT2D eigenvalue weighted by atomic mass is 16.5. The molecule has 0 fully saturated rings. The fourth-order valence-corrected chi connectivity index (χ4v) is 2.66. The summed E-state index contributed by atoms with van der Waals surface area (Å²) in [5.41, 5.74) is 2.64. The third-order valence-corrected chi connectivity index (χ3v) is 4.02. The number of hydrogen-bond donors (Lipinski definition) is 1. The van der Waals surface area contributed by atoms with Crippen molar-refractivity contribution in [1.82, 2.24) is 20.3 Å². The molecule has 0 bridgehead atoms. The largest absolute Gasteiger partial charge is 0.497 e. The van der Waals surface area contributed by atoms with Crippen molar-refractivity contribution < 1.29 is 9.53 Å². The van der Waals surface area contributed by atoms with Crippen LogP contribution < -0.4 is 10.1 Å². The van der Waals surface area contributed by atoms with Gasteiger partial charge in [0.15, 0.2) is 5.69 Å². The summed E-state index contributed by atoms with van der Waals surface area (Å²) < 4.78 is 6.88. The molecule has 1 heterocycles. The molecule has 0 aliphatic carbocycles. The van der Waals surface area contributed by atoms with Gasteiger partial charge in [0.2, 0.25) is 0 Å². The van der Waals surface area contributed by atoms with E-state index < -0.39 is 0 Å². The van der Waals surface area contributed by atoms with Gasteiger partial charge in [-0.2, -0.15) is 0 Å². The lowest BCUT2D eigenvalue weighted by Gasteiger charge is -2.05. The molecule has 2 aromatic carbocycles. The Labute approximate surface area is 152 Å². The van der Waals surface area contributed by atoms with E-state index in [1.807, 2.05) is 48.5 Å². The Balaban J connectivity index is 1.45. The summed E-state index contributed by atoms with van der Waals surface area (Å²) in [6, 6.07) is 17.9.